The molecule has 0 heterocycles. The molecule has 2 N–H and O–H groups in total. The highest BCUT2D eigenvalue weighted by molar-refractivity contribution is 5.72. The van der Waals surface area contributed by atoms with Crippen LogP contribution in [0.1, 0.15) is 39.0 Å². The Kier molecular flexibility index (Phi) is 13.5. The minimum Gasteiger partial charge on any atom is -0.477 e. The van der Waals surface area contributed by atoms with Crippen LogP contribution in [0.2, 0.25) is 0 Å². The number of carboxylic acids is 1. The molecule has 0 saturated heterocycles. The molecule has 0 saturated carbocycles. The molecule has 0 aliphatic rings. The molecular weight excluding hydrogens is 350 g/mol. The molecule has 0 aliphatic carbocycles. The van der Waals surface area contributed by atoms with Crippen LogP contribution in [0.15, 0.2) is 24.3 Å². The Hall–Kier alpha value is -1.70. The Balaban J connectivity index is 3.84. The number of allylic oxidation sites excluding steroid dienone is 4. The van der Waals surface area contributed by atoms with Crippen molar-refractivity contribution in [2.24, 2.45) is 0 Å². The summed E-state index contributed by atoms with van der Waals surface area (Å²) in [5, 5.41) is 19.0. The Bertz CT molecular complexity index is 481. The molecule has 7 heteroatoms. The molecule has 0 aromatic rings. The van der Waals surface area contributed by atoms with Crippen molar-refractivity contribution in [2.75, 3.05) is 41.0 Å². The number of esters is 1. The van der Waals surface area contributed by atoms with Crippen LogP contribution in [0.3, 0.4) is 0 Å². The smallest absolute Gasteiger partial charge is 0.362 e. The second-order valence-corrected chi connectivity index (χ2v) is 7.30. The largest absolute Gasteiger partial charge is 0.477 e. The first kappa shape index (κ1) is 25.3. The predicted octanol–water partition coefficient (Wildman–Crippen LogP) is 2.15. The van der Waals surface area contributed by atoms with Crippen molar-refractivity contribution >= 4 is 11.9 Å². The molecule has 156 valence electrons. The number of aliphatic hydroxyl groups is 1. The van der Waals surface area contributed by atoms with E-state index in [-0.39, 0.29) is 32.2 Å². The highest BCUT2D eigenvalue weighted by Gasteiger charge is 2.30. The quantitative estimate of drug-likeness (QED) is 0.194. The number of quaternary nitrogens is 1. The summed E-state index contributed by atoms with van der Waals surface area (Å²) in [7, 11) is 5.43. The van der Waals surface area contributed by atoms with Gasteiger partial charge >= 0.3 is 11.9 Å². The minimum atomic E-state index is -0.920. The zero-order valence-corrected chi connectivity index (χ0v) is 17.1. The lowest BCUT2D eigenvalue weighted by molar-refractivity contribution is -0.887. The molecule has 7 nitrogen and oxygen atoms in total. The molecule has 0 bridgehead atoms. The summed E-state index contributed by atoms with van der Waals surface area (Å²) >= 11 is 0. The molecule has 0 spiro atoms. The molecule has 27 heavy (non-hydrogen) atoms. The van der Waals surface area contributed by atoms with Crippen LogP contribution in [-0.4, -0.2) is 79.7 Å². The number of aliphatic carboxylic acids is 1. The Morgan fingerprint density at radius 1 is 1.07 bits per heavy atom. The van der Waals surface area contributed by atoms with Crippen LogP contribution in [-0.2, 0) is 19.1 Å². The Morgan fingerprint density at radius 2 is 1.74 bits per heavy atom. The molecule has 0 aliphatic heterocycles. The Morgan fingerprint density at radius 3 is 2.33 bits per heavy atom. The van der Waals surface area contributed by atoms with E-state index in [1.54, 1.807) is 0 Å². The van der Waals surface area contributed by atoms with Gasteiger partial charge in [0, 0.05) is 12.8 Å². The van der Waals surface area contributed by atoms with Crippen molar-refractivity contribution in [3.8, 4) is 0 Å². The lowest BCUT2D eigenvalue weighted by Gasteiger charge is -2.31. The van der Waals surface area contributed by atoms with Gasteiger partial charge in [0.15, 0.2) is 6.04 Å². The van der Waals surface area contributed by atoms with Gasteiger partial charge in [-0.15, -0.1) is 0 Å². The lowest BCUT2D eigenvalue weighted by atomic mass is 10.1. The second-order valence-electron chi connectivity index (χ2n) is 7.30. The number of likely N-dealkylation sites (N-methyl/N-ethyl adjacent to an activating group) is 1. The normalized spacial score (nSPS) is 14.6. The predicted molar refractivity (Wildman–Crippen MR) is 104 cm³/mol. The SMILES string of the molecule is CC/C=C/C/C=C/CCC(=O)OCC(O)COCCC(C(=O)O)[N+](C)(C)C. The zero-order chi connectivity index (χ0) is 20.7. The van der Waals surface area contributed by atoms with Crippen LogP contribution < -0.4 is 0 Å². The molecule has 2 atom stereocenters. The number of ether oxygens (including phenoxy) is 2. The third-order valence-electron chi connectivity index (χ3n) is 3.86. The summed E-state index contributed by atoms with van der Waals surface area (Å²) < 4.78 is 10.6. The summed E-state index contributed by atoms with van der Waals surface area (Å²) in [5.41, 5.74) is 0. The van der Waals surface area contributed by atoms with E-state index in [0.29, 0.717) is 17.3 Å². The number of carbonyl (C=O) groups is 2. The number of rotatable bonds is 15. The third-order valence-corrected chi connectivity index (χ3v) is 3.86. The van der Waals surface area contributed by atoms with Gasteiger partial charge in [0.2, 0.25) is 0 Å². The maximum absolute atomic E-state index is 11.6. The lowest BCUT2D eigenvalue weighted by Crippen LogP contribution is -2.50. The van der Waals surface area contributed by atoms with Crippen molar-refractivity contribution in [3.63, 3.8) is 0 Å². The summed E-state index contributed by atoms with van der Waals surface area (Å²) in [6.07, 6.45) is 10.3. The van der Waals surface area contributed by atoms with Crippen LogP contribution in [0, 0.1) is 0 Å². The molecule has 2 unspecified atom stereocenters. The molecule has 0 fully saturated rings. The first-order valence-corrected chi connectivity index (χ1v) is 9.43. The molecule has 0 amide bonds. The van der Waals surface area contributed by atoms with Crippen molar-refractivity contribution in [2.45, 2.75) is 51.2 Å². The van der Waals surface area contributed by atoms with Crippen molar-refractivity contribution < 1.29 is 33.8 Å². The van der Waals surface area contributed by atoms with E-state index < -0.39 is 18.1 Å². The monoisotopic (exact) mass is 386 g/mol. The zero-order valence-electron chi connectivity index (χ0n) is 17.1. The van der Waals surface area contributed by atoms with E-state index in [4.69, 9.17) is 9.47 Å². The van der Waals surface area contributed by atoms with Crippen LogP contribution in [0.5, 0.6) is 0 Å². The number of hydrogen-bond donors (Lipinski definition) is 2. The van der Waals surface area contributed by atoms with E-state index in [1.165, 1.54) is 0 Å². The number of nitrogens with zero attached hydrogens (tertiary/aromatic N) is 1. The van der Waals surface area contributed by atoms with E-state index in [9.17, 15) is 19.8 Å². The van der Waals surface area contributed by atoms with Gasteiger partial charge in [0.05, 0.1) is 34.4 Å². The fourth-order valence-corrected chi connectivity index (χ4v) is 2.32. The average Bonchev–Trinajstić information content (AvgIpc) is 2.57. The summed E-state index contributed by atoms with van der Waals surface area (Å²) in [4.78, 5) is 22.8. The highest BCUT2D eigenvalue weighted by atomic mass is 16.5. The van der Waals surface area contributed by atoms with Crippen LogP contribution in [0.25, 0.3) is 0 Å². The molecule has 0 aromatic heterocycles. The summed E-state index contributed by atoms with van der Waals surface area (Å²) in [5.74, 6) is -1.24. The topological polar surface area (TPSA) is 93.1 Å². The number of hydrogen-bond acceptors (Lipinski definition) is 5. The molecule has 0 rings (SSSR count). The number of aliphatic hydroxyl groups excluding tert-OH is 1. The first-order chi connectivity index (χ1) is 12.7. The molecule has 0 radical (unpaired) electrons. The summed E-state index contributed by atoms with van der Waals surface area (Å²) in [6, 6.07) is -0.578. The van der Waals surface area contributed by atoms with Gasteiger partial charge in [0.25, 0.3) is 0 Å². The highest BCUT2D eigenvalue weighted by Crippen LogP contribution is 2.08. The summed E-state index contributed by atoms with van der Waals surface area (Å²) in [6.45, 7) is 2.17. The van der Waals surface area contributed by atoms with E-state index in [0.717, 1.165) is 12.8 Å². The van der Waals surface area contributed by atoms with Crippen LogP contribution in [0.4, 0.5) is 0 Å². The van der Waals surface area contributed by atoms with E-state index in [1.807, 2.05) is 33.3 Å². The third kappa shape index (κ3) is 14.1. The second kappa shape index (κ2) is 14.4. The van der Waals surface area contributed by atoms with Crippen molar-refractivity contribution in [3.05, 3.63) is 24.3 Å². The van der Waals surface area contributed by atoms with E-state index >= 15 is 0 Å². The first-order valence-electron chi connectivity index (χ1n) is 9.43. The average molecular weight is 387 g/mol. The fourth-order valence-electron chi connectivity index (χ4n) is 2.32. The fraction of sp³-hybridized carbons (Fsp3) is 0.700. The minimum absolute atomic E-state index is 0.000425. The molecular formula is C20H36NO6+. The van der Waals surface area contributed by atoms with Gasteiger partial charge in [-0.25, -0.2) is 4.79 Å². The van der Waals surface area contributed by atoms with Gasteiger partial charge in [0.1, 0.15) is 12.7 Å². The van der Waals surface area contributed by atoms with E-state index in [2.05, 4.69) is 19.1 Å². The van der Waals surface area contributed by atoms with Crippen LogP contribution >= 0.6 is 0 Å². The van der Waals surface area contributed by atoms with Gasteiger partial charge in [-0.2, -0.15) is 0 Å². The number of carbonyl (C=O) groups excluding carboxylic acids is 1. The number of carboxylic acid groups (broad SMARTS) is 1. The Labute approximate surface area is 162 Å². The maximum Gasteiger partial charge on any atom is 0.362 e. The van der Waals surface area contributed by atoms with Gasteiger partial charge in [-0.3, -0.25) is 4.79 Å². The molecule has 0 aromatic carbocycles. The standard InChI is InChI=1S/C20H35NO6/c1-5-6-7-8-9-10-11-12-19(23)27-16-17(22)15-26-14-13-18(20(24)25)21(2,3)4/h6-7,9-10,17-18,22H,5,8,11-16H2,1-4H3/p+1/b7-6+,10-9+. The van der Waals surface area contributed by atoms with Gasteiger partial charge in [-0.1, -0.05) is 31.2 Å². The van der Waals surface area contributed by atoms with Gasteiger partial charge in [-0.05, 0) is 19.3 Å². The van der Waals surface area contributed by atoms with Crippen molar-refractivity contribution in [1.29, 1.82) is 0 Å². The van der Waals surface area contributed by atoms with Gasteiger partial charge < -0.3 is 24.2 Å². The van der Waals surface area contributed by atoms with Crippen molar-refractivity contribution in [1.82, 2.24) is 0 Å². The maximum atomic E-state index is 11.6.